The number of aromatic nitrogens is 3. The van der Waals surface area contributed by atoms with Crippen LogP contribution in [0, 0.1) is 6.92 Å². The third kappa shape index (κ3) is 4.14. The van der Waals surface area contributed by atoms with Crippen molar-refractivity contribution in [1.29, 1.82) is 0 Å². The number of hydrogen-bond donors (Lipinski definition) is 2. The van der Waals surface area contributed by atoms with Crippen LogP contribution in [0.1, 0.15) is 5.56 Å². The highest BCUT2D eigenvalue weighted by atomic mass is 16.5. The smallest absolute Gasteiger partial charge is 0.249 e. The molecule has 128 valence electrons. The first-order valence-corrected chi connectivity index (χ1v) is 7.70. The van der Waals surface area contributed by atoms with Crippen LogP contribution in [0.3, 0.4) is 0 Å². The number of rotatable bonds is 6. The Bertz CT molecular complexity index is 852. The van der Waals surface area contributed by atoms with Gasteiger partial charge >= 0.3 is 0 Å². The molecule has 3 rings (SSSR count). The minimum Gasteiger partial charge on any atom is -0.497 e. The molecule has 7 nitrogen and oxygen atoms in total. The standard InChI is InChI=1S/C18H19N5O2/c1-12-4-6-13(7-5-12)20-17-11-19-23-18(22-17)21-15-9-8-14(24-2)10-16(15)25-3/h4-11H,1-3H3,(H2,20,21,22,23). The van der Waals surface area contributed by atoms with E-state index in [9.17, 15) is 0 Å². The van der Waals surface area contributed by atoms with E-state index in [1.807, 2.05) is 43.3 Å². The van der Waals surface area contributed by atoms with Crippen molar-refractivity contribution in [3.8, 4) is 11.5 Å². The molecule has 0 fully saturated rings. The van der Waals surface area contributed by atoms with Gasteiger partial charge in [0, 0.05) is 11.8 Å². The Kier molecular flexibility index (Phi) is 4.94. The molecule has 25 heavy (non-hydrogen) atoms. The molecule has 1 aromatic heterocycles. The summed E-state index contributed by atoms with van der Waals surface area (Å²) in [5, 5.41) is 14.3. The summed E-state index contributed by atoms with van der Waals surface area (Å²) in [4.78, 5) is 4.42. The Labute approximate surface area is 146 Å². The van der Waals surface area contributed by atoms with Gasteiger partial charge in [0.25, 0.3) is 0 Å². The Balaban J connectivity index is 1.79. The van der Waals surface area contributed by atoms with Crippen molar-refractivity contribution in [3.05, 3.63) is 54.2 Å². The first-order valence-electron chi connectivity index (χ1n) is 7.70. The molecule has 1 heterocycles. The molecule has 0 saturated heterocycles. The van der Waals surface area contributed by atoms with Gasteiger partial charge in [-0.25, -0.2) is 0 Å². The van der Waals surface area contributed by atoms with Crippen LogP contribution in [0.15, 0.2) is 48.7 Å². The van der Waals surface area contributed by atoms with Crippen LogP contribution in [-0.4, -0.2) is 29.4 Å². The van der Waals surface area contributed by atoms with Gasteiger partial charge in [0.05, 0.1) is 26.1 Å². The summed E-state index contributed by atoms with van der Waals surface area (Å²) >= 11 is 0. The zero-order valence-corrected chi connectivity index (χ0v) is 14.3. The molecule has 0 bridgehead atoms. The summed E-state index contributed by atoms with van der Waals surface area (Å²) in [5.74, 6) is 2.28. The average Bonchev–Trinajstić information content (AvgIpc) is 2.64. The highest BCUT2D eigenvalue weighted by Gasteiger charge is 2.08. The van der Waals surface area contributed by atoms with Crippen molar-refractivity contribution in [3.63, 3.8) is 0 Å². The van der Waals surface area contributed by atoms with Crippen LogP contribution in [0.4, 0.5) is 23.1 Å². The molecule has 0 radical (unpaired) electrons. The van der Waals surface area contributed by atoms with Gasteiger partial charge in [-0.05, 0) is 31.2 Å². The van der Waals surface area contributed by atoms with Crippen LogP contribution in [0.5, 0.6) is 11.5 Å². The fourth-order valence-electron chi connectivity index (χ4n) is 2.22. The monoisotopic (exact) mass is 337 g/mol. The SMILES string of the molecule is COc1ccc(Nc2nncc(Nc3ccc(C)cc3)n2)c(OC)c1. The molecular formula is C18H19N5O2. The van der Waals surface area contributed by atoms with E-state index in [1.54, 1.807) is 26.5 Å². The maximum Gasteiger partial charge on any atom is 0.249 e. The molecule has 0 amide bonds. The number of methoxy groups -OCH3 is 2. The second-order valence-electron chi connectivity index (χ2n) is 5.35. The number of aryl methyl sites for hydroxylation is 1. The van der Waals surface area contributed by atoms with Gasteiger partial charge in [-0.1, -0.05) is 17.7 Å². The molecule has 7 heteroatoms. The lowest BCUT2D eigenvalue weighted by atomic mass is 10.2. The van der Waals surface area contributed by atoms with E-state index in [2.05, 4.69) is 25.8 Å². The van der Waals surface area contributed by atoms with Crippen LogP contribution >= 0.6 is 0 Å². The molecule has 0 aliphatic rings. The summed E-state index contributed by atoms with van der Waals surface area (Å²) in [6.07, 6.45) is 1.57. The van der Waals surface area contributed by atoms with Crippen LogP contribution < -0.4 is 20.1 Å². The Hall–Kier alpha value is -3.35. The Morgan fingerprint density at radius 2 is 1.72 bits per heavy atom. The van der Waals surface area contributed by atoms with Crippen molar-refractivity contribution >= 4 is 23.1 Å². The molecule has 2 aromatic carbocycles. The summed E-state index contributed by atoms with van der Waals surface area (Å²) in [5.41, 5.74) is 2.84. The lowest BCUT2D eigenvalue weighted by Gasteiger charge is -2.12. The molecule has 0 unspecified atom stereocenters. The molecule has 0 spiro atoms. The number of nitrogens with one attached hydrogen (secondary N) is 2. The molecule has 3 aromatic rings. The van der Waals surface area contributed by atoms with Gasteiger partial charge in [0.1, 0.15) is 11.5 Å². The van der Waals surface area contributed by atoms with Gasteiger partial charge in [-0.15, -0.1) is 5.10 Å². The number of ether oxygens (including phenoxy) is 2. The molecule has 0 aliphatic heterocycles. The van der Waals surface area contributed by atoms with Crippen LogP contribution in [0.25, 0.3) is 0 Å². The molecule has 0 aliphatic carbocycles. The van der Waals surface area contributed by atoms with Crippen molar-refractivity contribution in [2.75, 3.05) is 24.9 Å². The van der Waals surface area contributed by atoms with E-state index in [0.717, 1.165) is 11.4 Å². The summed E-state index contributed by atoms with van der Waals surface area (Å²) in [6, 6.07) is 13.5. The quantitative estimate of drug-likeness (QED) is 0.710. The van der Waals surface area contributed by atoms with E-state index in [1.165, 1.54) is 5.56 Å². The fraction of sp³-hybridized carbons (Fsp3) is 0.167. The Morgan fingerprint density at radius 1 is 0.920 bits per heavy atom. The molecular weight excluding hydrogens is 318 g/mol. The second kappa shape index (κ2) is 7.48. The average molecular weight is 337 g/mol. The zero-order chi connectivity index (χ0) is 17.6. The van der Waals surface area contributed by atoms with E-state index >= 15 is 0 Å². The van der Waals surface area contributed by atoms with E-state index < -0.39 is 0 Å². The first kappa shape index (κ1) is 16.5. The largest absolute Gasteiger partial charge is 0.497 e. The summed E-state index contributed by atoms with van der Waals surface area (Å²) in [6.45, 7) is 2.04. The third-order valence-electron chi connectivity index (χ3n) is 3.54. The fourth-order valence-corrected chi connectivity index (χ4v) is 2.22. The summed E-state index contributed by atoms with van der Waals surface area (Å²) < 4.78 is 10.6. The number of anilines is 4. The van der Waals surface area contributed by atoms with Gasteiger partial charge in [-0.2, -0.15) is 10.1 Å². The molecule has 0 atom stereocenters. The lowest BCUT2D eigenvalue weighted by molar-refractivity contribution is 0.395. The van der Waals surface area contributed by atoms with Crippen molar-refractivity contribution in [2.45, 2.75) is 6.92 Å². The third-order valence-corrected chi connectivity index (χ3v) is 3.54. The topological polar surface area (TPSA) is 81.2 Å². The predicted octanol–water partition coefficient (Wildman–Crippen LogP) is 3.68. The predicted molar refractivity (Wildman–Crippen MR) is 97.1 cm³/mol. The van der Waals surface area contributed by atoms with Gasteiger partial charge < -0.3 is 20.1 Å². The maximum absolute atomic E-state index is 5.36. The van der Waals surface area contributed by atoms with Crippen molar-refractivity contribution in [2.24, 2.45) is 0 Å². The Morgan fingerprint density at radius 3 is 2.44 bits per heavy atom. The van der Waals surface area contributed by atoms with Crippen LogP contribution in [0.2, 0.25) is 0 Å². The maximum atomic E-state index is 5.36. The van der Waals surface area contributed by atoms with Gasteiger partial charge in [-0.3, -0.25) is 0 Å². The zero-order valence-electron chi connectivity index (χ0n) is 14.3. The highest BCUT2D eigenvalue weighted by molar-refractivity contribution is 5.65. The molecule has 0 saturated carbocycles. The summed E-state index contributed by atoms with van der Waals surface area (Å²) in [7, 11) is 3.20. The first-order chi connectivity index (χ1) is 12.2. The van der Waals surface area contributed by atoms with Gasteiger partial charge in [0.2, 0.25) is 5.95 Å². The van der Waals surface area contributed by atoms with E-state index in [-0.39, 0.29) is 0 Å². The second-order valence-corrected chi connectivity index (χ2v) is 5.35. The van der Waals surface area contributed by atoms with Crippen LogP contribution in [-0.2, 0) is 0 Å². The minimum atomic E-state index is 0.362. The minimum absolute atomic E-state index is 0.362. The lowest BCUT2D eigenvalue weighted by Crippen LogP contribution is -2.03. The number of benzene rings is 2. The van der Waals surface area contributed by atoms with Crippen molar-refractivity contribution < 1.29 is 9.47 Å². The van der Waals surface area contributed by atoms with Crippen molar-refractivity contribution in [1.82, 2.24) is 15.2 Å². The number of hydrogen-bond acceptors (Lipinski definition) is 7. The number of nitrogens with zero attached hydrogens (tertiary/aromatic N) is 3. The van der Waals surface area contributed by atoms with E-state index in [0.29, 0.717) is 23.3 Å². The van der Waals surface area contributed by atoms with E-state index in [4.69, 9.17) is 9.47 Å². The normalized spacial score (nSPS) is 10.2. The van der Waals surface area contributed by atoms with Gasteiger partial charge in [0.15, 0.2) is 5.82 Å². The molecule has 2 N–H and O–H groups in total. The highest BCUT2D eigenvalue weighted by Crippen LogP contribution is 2.30.